The first-order valence-electron chi connectivity index (χ1n) is 13.6. The SMILES string of the molecule is Cc1c(-c2cc(-n3c4ccccc4c4ccccc43)c3cccnc3[n+]2C)cc(C(C)(C)C)c2ccccc12. The van der Waals surface area contributed by atoms with Crippen molar-refractivity contribution in [2.24, 2.45) is 7.05 Å². The van der Waals surface area contributed by atoms with Crippen molar-refractivity contribution in [3.63, 3.8) is 0 Å². The third kappa shape index (κ3) is 3.50. The third-order valence-electron chi connectivity index (χ3n) is 8.23. The largest absolute Gasteiger partial charge is 0.332 e. The van der Waals surface area contributed by atoms with E-state index in [1.54, 1.807) is 0 Å². The normalized spacial score (nSPS) is 12.2. The predicted molar refractivity (Wildman–Crippen MR) is 164 cm³/mol. The third-order valence-corrected chi connectivity index (χ3v) is 8.23. The fraction of sp³-hybridized carbons (Fsp3) is 0.167. The van der Waals surface area contributed by atoms with Crippen LogP contribution in [-0.2, 0) is 12.5 Å². The Morgan fingerprint density at radius 3 is 1.87 bits per heavy atom. The Bertz CT molecular complexity index is 2020. The Balaban J connectivity index is 1.64. The van der Waals surface area contributed by atoms with Crippen molar-refractivity contribution in [1.29, 1.82) is 0 Å². The Morgan fingerprint density at radius 1 is 0.667 bits per heavy atom. The molecule has 0 amide bonds. The van der Waals surface area contributed by atoms with Crippen LogP contribution in [0, 0.1) is 6.92 Å². The summed E-state index contributed by atoms with van der Waals surface area (Å²) in [6.45, 7) is 9.17. The highest BCUT2D eigenvalue weighted by molar-refractivity contribution is 6.10. The molecule has 0 spiro atoms. The first-order chi connectivity index (χ1) is 18.8. The highest BCUT2D eigenvalue weighted by Gasteiger charge is 2.25. The van der Waals surface area contributed by atoms with Gasteiger partial charge in [0.05, 0.1) is 29.2 Å². The van der Waals surface area contributed by atoms with Crippen molar-refractivity contribution in [2.75, 3.05) is 0 Å². The van der Waals surface area contributed by atoms with Crippen molar-refractivity contribution in [3.05, 3.63) is 114 Å². The van der Waals surface area contributed by atoms with Crippen molar-refractivity contribution in [2.45, 2.75) is 33.1 Å². The maximum absolute atomic E-state index is 4.91. The van der Waals surface area contributed by atoms with Gasteiger partial charge in [-0.3, -0.25) is 0 Å². The topological polar surface area (TPSA) is 21.7 Å². The Labute approximate surface area is 229 Å². The van der Waals surface area contributed by atoms with Gasteiger partial charge in [-0.25, -0.2) is 4.57 Å². The molecule has 4 aromatic carbocycles. The summed E-state index contributed by atoms with van der Waals surface area (Å²) in [5, 5.41) is 6.29. The Morgan fingerprint density at radius 2 is 1.23 bits per heavy atom. The van der Waals surface area contributed by atoms with E-state index >= 15 is 0 Å². The first-order valence-corrected chi connectivity index (χ1v) is 13.6. The molecule has 0 aliphatic heterocycles. The average Bonchev–Trinajstić information content (AvgIpc) is 3.28. The number of benzene rings is 4. The van der Waals surface area contributed by atoms with Gasteiger partial charge in [0, 0.05) is 22.4 Å². The minimum Gasteiger partial charge on any atom is -0.308 e. The summed E-state index contributed by atoms with van der Waals surface area (Å²) >= 11 is 0. The van der Waals surface area contributed by atoms with Crippen LogP contribution >= 0.6 is 0 Å². The van der Waals surface area contributed by atoms with Gasteiger partial charge in [0.2, 0.25) is 0 Å². The molecule has 7 rings (SSSR count). The molecule has 0 unspecified atom stereocenters. The average molecular weight is 507 g/mol. The van der Waals surface area contributed by atoms with Crippen LogP contribution in [-0.4, -0.2) is 9.55 Å². The highest BCUT2D eigenvalue weighted by Crippen LogP contribution is 2.39. The second-order valence-corrected chi connectivity index (χ2v) is 11.6. The maximum Gasteiger partial charge on any atom is 0.332 e. The van der Waals surface area contributed by atoms with Crippen molar-refractivity contribution in [3.8, 4) is 16.9 Å². The zero-order valence-electron chi connectivity index (χ0n) is 23.2. The molecule has 0 saturated carbocycles. The predicted octanol–water partition coefficient (Wildman–Crippen LogP) is 8.58. The van der Waals surface area contributed by atoms with Crippen LogP contribution in [0.15, 0.2) is 103 Å². The summed E-state index contributed by atoms with van der Waals surface area (Å²) < 4.78 is 4.68. The number of pyridine rings is 2. The lowest BCUT2D eigenvalue weighted by molar-refractivity contribution is -0.635. The highest BCUT2D eigenvalue weighted by atomic mass is 15.0. The van der Waals surface area contributed by atoms with E-state index in [9.17, 15) is 0 Å². The molecule has 0 aliphatic rings. The molecule has 0 atom stereocenters. The van der Waals surface area contributed by atoms with Crippen LogP contribution < -0.4 is 4.57 Å². The molecular formula is C36H32N3+. The van der Waals surface area contributed by atoms with Crippen molar-refractivity contribution in [1.82, 2.24) is 9.55 Å². The molecule has 3 heteroatoms. The number of nitrogens with zero attached hydrogens (tertiary/aromatic N) is 3. The molecule has 0 saturated heterocycles. The molecule has 3 heterocycles. The van der Waals surface area contributed by atoms with Gasteiger partial charge < -0.3 is 4.57 Å². The van der Waals surface area contributed by atoms with Gasteiger partial charge in [0.25, 0.3) is 0 Å². The van der Waals surface area contributed by atoms with Gasteiger partial charge in [-0.15, -0.1) is 0 Å². The first kappa shape index (κ1) is 23.6. The minimum absolute atomic E-state index is 0.00534. The fourth-order valence-electron chi connectivity index (χ4n) is 6.31. The van der Waals surface area contributed by atoms with Crippen molar-refractivity contribution >= 4 is 43.6 Å². The van der Waals surface area contributed by atoms with E-state index in [-0.39, 0.29) is 5.41 Å². The molecule has 0 radical (unpaired) electrons. The summed E-state index contributed by atoms with van der Waals surface area (Å²) in [7, 11) is 2.14. The molecule has 190 valence electrons. The molecule has 3 aromatic heterocycles. The lowest BCUT2D eigenvalue weighted by atomic mass is 9.80. The zero-order valence-corrected chi connectivity index (χ0v) is 23.2. The maximum atomic E-state index is 4.91. The molecular weight excluding hydrogens is 474 g/mol. The van der Waals surface area contributed by atoms with Gasteiger partial charge in [-0.05, 0) is 69.6 Å². The molecule has 0 bridgehead atoms. The quantitative estimate of drug-likeness (QED) is 0.215. The lowest BCUT2D eigenvalue weighted by Gasteiger charge is -2.24. The van der Waals surface area contributed by atoms with Gasteiger partial charge in [-0.1, -0.05) is 81.4 Å². The Kier molecular flexibility index (Phi) is 5.15. The van der Waals surface area contributed by atoms with Crippen LogP contribution in [0.4, 0.5) is 0 Å². The standard InChI is InChI=1S/C36H32N3/c1-23-24-13-6-7-14-25(24)30(36(2,3)4)21-29(23)33-22-34(28-17-12-20-37-35(28)38(33)5)39-31-18-10-8-15-26(31)27-16-9-11-19-32(27)39/h6-22H,1-5H3/q+1. The molecule has 3 nitrogen and oxygen atoms in total. The van der Waals surface area contributed by atoms with Crippen LogP contribution in [0.5, 0.6) is 0 Å². The molecule has 0 aliphatic carbocycles. The number of aryl methyl sites for hydroxylation is 2. The van der Waals surface area contributed by atoms with Gasteiger partial charge in [0.15, 0.2) is 0 Å². The fourth-order valence-corrected chi connectivity index (χ4v) is 6.31. The van der Waals surface area contributed by atoms with Gasteiger partial charge >= 0.3 is 5.65 Å². The number of aromatic nitrogens is 3. The van der Waals surface area contributed by atoms with E-state index in [4.69, 9.17) is 4.98 Å². The number of fused-ring (bicyclic) bond motifs is 5. The molecule has 0 N–H and O–H groups in total. The Hall–Kier alpha value is -4.50. The van der Waals surface area contributed by atoms with Crippen molar-refractivity contribution < 1.29 is 4.57 Å². The van der Waals surface area contributed by atoms with E-state index < -0.39 is 0 Å². The van der Waals surface area contributed by atoms with Gasteiger partial charge in [-0.2, -0.15) is 0 Å². The second-order valence-electron chi connectivity index (χ2n) is 11.6. The number of rotatable bonds is 2. The van der Waals surface area contributed by atoms with Gasteiger partial charge in [0.1, 0.15) is 11.9 Å². The summed E-state index contributed by atoms with van der Waals surface area (Å²) in [6, 6.07) is 35.2. The second kappa shape index (κ2) is 8.51. The van der Waals surface area contributed by atoms with E-state index in [0.29, 0.717) is 0 Å². The van der Waals surface area contributed by atoms with E-state index in [1.807, 2.05) is 12.3 Å². The zero-order chi connectivity index (χ0) is 26.9. The molecule has 7 aromatic rings. The van der Waals surface area contributed by atoms with E-state index in [0.717, 1.165) is 22.4 Å². The van der Waals surface area contributed by atoms with E-state index in [2.05, 4.69) is 135 Å². The van der Waals surface area contributed by atoms with Crippen LogP contribution in [0.2, 0.25) is 0 Å². The lowest BCUT2D eigenvalue weighted by Crippen LogP contribution is -2.34. The van der Waals surface area contributed by atoms with Crippen LogP contribution in [0.1, 0.15) is 31.9 Å². The smallest absolute Gasteiger partial charge is 0.308 e. The monoisotopic (exact) mass is 506 g/mol. The van der Waals surface area contributed by atoms with Crippen LogP contribution in [0.25, 0.3) is 60.6 Å². The number of para-hydroxylation sites is 2. The molecule has 0 fully saturated rings. The molecule has 39 heavy (non-hydrogen) atoms. The summed E-state index contributed by atoms with van der Waals surface area (Å²) in [5.41, 5.74) is 9.58. The van der Waals surface area contributed by atoms with Crippen LogP contribution in [0.3, 0.4) is 0 Å². The van der Waals surface area contributed by atoms with E-state index in [1.165, 1.54) is 49.3 Å². The summed E-state index contributed by atoms with van der Waals surface area (Å²) in [6.07, 6.45) is 1.90. The summed E-state index contributed by atoms with van der Waals surface area (Å²) in [5.74, 6) is 0. The summed E-state index contributed by atoms with van der Waals surface area (Å²) in [4.78, 5) is 4.91. The number of hydrogen-bond donors (Lipinski definition) is 0. The number of hydrogen-bond acceptors (Lipinski definition) is 1. The minimum atomic E-state index is 0.00534.